The summed E-state index contributed by atoms with van der Waals surface area (Å²) in [6.07, 6.45) is 3.34. The number of amides is 3. The van der Waals surface area contributed by atoms with Crippen LogP contribution < -0.4 is 14.5 Å². The van der Waals surface area contributed by atoms with Gasteiger partial charge in [0.2, 0.25) is 17.7 Å². The highest BCUT2D eigenvalue weighted by molar-refractivity contribution is 6.22. The lowest BCUT2D eigenvalue weighted by atomic mass is 9.82. The third kappa shape index (κ3) is 4.02. The average molecular weight is 487 g/mol. The topological polar surface area (TPSA) is 84.0 Å². The number of nitrogens with zero attached hydrogens (tertiary/aromatic N) is 2. The van der Waals surface area contributed by atoms with Crippen molar-refractivity contribution in [2.24, 2.45) is 17.8 Å². The number of benzene rings is 2. The van der Waals surface area contributed by atoms with Gasteiger partial charge in [0, 0.05) is 18.7 Å². The molecule has 186 valence electrons. The van der Waals surface area contributed by atoms with E-state index in [-0.39, 0.29) is 42.5 Å². The number of anilines is 2. The first kappa shape index (κ1) is 24.0. The number of hydrogen-bond acceptors (Lipinski definition) is 5. The van der Waals surface area contributed by atoms with Crippen molar-refractivity contribution >= 4 is 35.1 Å². The zero-order chi connectivity index (χ0) is 25.7. The number of rotatable bonds is 4. The molecule has 1 aliphatic carbocycles. The molecule has 7 heteroatoms. The van der Waals surface area contributed by atoms with E-state index in [1.807, 2.05) is 45.0 Å². The predicted molar refractivity (Wildman–Crippen MR) is 136 cm³/mol. The molecular formula is C29H30N2O5. The number of carbonyl (C=O) groups is 4. The van der Waals surface area contributed by atoms with Gasteiger partial charge in [-0.2, -0.15) is 0 Å². The average Bonchev–Trinajstić information content (AvgIpc) is 3.31. The van der Waals surface area contributed by atoms with Gasteiger partial charge in [-0.1, -0.05) is 29.8 Å². The molecule has 0 unspecified atom stereocenters. The fourth-order valence-corrected chi connectivity index (χ4v) is 5.73. The van der Waals surface area contributed by atoms with E-state index in [1.165, 1.54) is 4.90 Å². The molecule has 2 aliphatic heterocycles. The highest BCUT2D eigenvalue weighted by Gasteiger charge is 2.49. The maximum Gasteiger partial charge on any atom is 0.316 e. The van der Waals surface area contributed by atoms with Crippen LogP contribution in [0.3, 0.4) is 0 Å². The van der Waals surface area contributed by atoms with Gasteiger partial charge in [0.25, 0.3) is 0 Å². The summed E-state index contributed by atoms with van der Waals surface area (Å²) in [5, 5.41) is 0. The Balaban J connectivity index is 1.30. The summed E-state index contributed by atoms with van der Waals surface area (Å²) in [6, 6.07) is 10.8. The number of para-hydroxylation sites is 1. The Morgan fingerprint density at radius 3 is 2.28 bits per heavy atom. The van der Waals surface area contributed by atoms with Gasteiger partial charge in [-0.3, -0.25) is 19.2 Å². The Bertz CT molecular complexity index is 1310. The molecule has 5 rings (SSSR count). The monoisotopic (exact) mass is 486 g/mol. The number of aryl methyl sites for hydroxylation is 3. The minimum absolute atomic E-state index is 0.0939. The third-order valence-electron chi connectivity index (χ3n) is 7.62. The molecule has 3 aliphatic rings. The molecule has 7 nitrogen and oxygen atoms in total. The third-order valence-corrected chi connectivity index (χ3v) is 7.62. The van der Waals surface area contributed by atoms with Crippen molar-refractivity contribution in [1.29, 1.82) is 0 Å². The first-order valence-electron chi connectivity index (χ1n) is 12.4. The Morgan fingerprint density at radius 1 is 0.889 bits per heavy atom. The number of esters is 1. The Morgan fingerprint density at radius 2 is 1.58 bits per heavy atom. The van der Waals surface area contributed by atoms with Crippen molar-refractivity contribution in [1.82, 2.24) is 0 Å². The van der Waals surface area contributed by atoms with E-state index in [2.05, 4.69) is 0 Å². The van der Waals surface area contributed by atoms with Gasteiger partial charge in [-0.05, 0) is 75.4 Å². The van der Waals surface area contributed by atoms with Crippen molar-refractivity contribution < 1.29 is 23.9 Å². The molecule has 2 fully saturated rings. The maximum absolute atomic E-state index is 13.1. The van der Waals surface area contributed by atoms with Gasteiger partial charge < -0.3 is 9.64 Å². The number of fused-ring (bicyclic) bond motifs is 1. The van der Waals surface area contributed by atoms with Crippen LogP contribution in [0.5, 0.6) is 5.75 Å². The van der Waals surface area contributed by atoms with E-state index < -0.39 is 11.9 Å². The SMILES string of the molecule is CC1=CC[C@@H]2C(=O)N(c3ccc(OC(=O)[C@@H]4CC(=O)N(c5c(C)cccc5C)C4)cc3C)C(=O)[C@H]2C1. The standard InChI is InChI=1S/C29H30N2O5/c1-16-8-10-22-23(12-16)28(34)31(27(22)33)24-11-9-21(13-19(24)4)36-29(35)20-14-25(32)30(15-20)26-17(2)6-5-7-18(26)3/h5-9,11,13,20,22-23H,10,12,14-15H2,1-4H3/t20-,22+,23+/m1/s1. The molecule has 0 radical (unpaired) electrons. The molecule has 0 spiro atoms. The van der Waals surface area contributed by atoms with Crippen LogP contribution in [-0.2, 0) is 19.2 Å². The lowest BCUT2D eigenvalue weighted by molar-refractivity contribution is -0.139. The highest BCUT2D eigenvalue weighted by atomic mass is 16.5. The number of ether oxygens (including phenoxy) is 1. The fraction of sp³-hybridized carbons (Fsp3) is 0.379. The molecule has 2 aromatic rings. The Labute approximate surface area is 210 Å². The summed E-state index contributed by atoms with van der Waals surface area (Å²) in [5.74, 6) is -1.76. The van der Waals surface area contributed by atoms with Crippen molar-refractivity contribution in [2.45, 2.75) is 47.0 Å². The molecule has 3 atom stereocenters. The minimum Gasteiger partial charge on any atom is -0.426 e. The van der Waals surface area contributed by atoms with Crippen molar-refractivity contribution in [3.05, 3.63) is 64.7 Å². The van der Waals surface area contributed by atoms with Crippen molar-refractivity contribution in [3.8, 4) is 5.75 Å². The van der Waals surface area contributed by atoms with E-state index in [0.717, 1.165) is 22.4 Å². The first-order chi connectivity index (χ1) is 17.2. The Hall–Kier alpha value is -3.74. The highest BCUT2D eigenvalue weighted by Crippen LogP contribution is 2.41. The fourth-order valence-electron chi connectivity index (χ4n) is 5.73. The lowest BCUT2D eigenvalue weighted by Gasteiger charge is -2.21. The molecule has 0 saturated carbocycles. The van der Waals surface area contributed by atoms with E-state index in [4.69, 9.17) is 4.74 Å². The largest absolute Gasteiger partial charge is 0.426 e. The second kappa shape index (κ2) is 9.04. The number of allylic oxidation sites excluding steroid dienone is 2. The van der Waals surface area contributed by atoms with Crippen LogP contribution in [0.15, 0.2) is 48.0 Å². The molecule has 36 heavy (non-hydrogen) atoms. The van der Waals surface area contributed by atoms with Crippen LogP contribution in [0.4, 0.5) is 11.4 Å². The zero-order valence-electron chi connectivity index (χ0n) is 21.0. The summed E-state index contributed by atoms with van der Waals surface area (Å²) in [5.41, 5.74) is 5.16. The van der Waals surface area contributed by atoms with E-state index in [1.54, 1.807) is 30.0 Å². The molecular weight excluding hydrogens is 456 g/mol. The van der Waals surface area contributed by atoms with Gasteiger partial charge >= 0.3 is 5.97 Å². The first-order valence-corrected chi connectivity index (χ1v) is 12.4. The number of carbonyl (C=O) groups excluding carboxylic acids is 4. The maximum atomic E-state index is 13.1. The molecule has 0 bridgehead atoms. The van der Waals surface area contributed by atoms with Crippen molar-refractivity contribution in [2.75, 3.05) is 16.3 Å². The number of hydrogen-bond donors (Lipinski definition) is 0. The van der Waals surface area contributed by atoms with Gasteiger partial charge in [0.05, 0.1) is 23.4 Å². The smallest absolute Gasteiger partial charge is 0.316 e. The van der Waals surface area contributed by atoms with Gasteiger partial charge in [-0.15, -0.1) is 0 Å². The quantitative estimate of drug-likeness (QED) is 0.277. The summed E-state index contributed by atoms with van der Waals surface area (Å²) in [4.78, 5) is 54.7. The summed E-state index contributed by atoms with van der Waals surface area (Å²) in [7, 11) is 0. The molecule has 0 N–H and O–H groups in total. The van der Waals surface area contributed by atoms with Gasteiger partial charge in [0.15, 0.2) is 0 Å². The predicted octanol–water partition coefficient (Wildman–Crippen LogP) is 4.42. The van der Waals surface area contributed by atoms with Crippen LogP contribution in [-0.4, -0.2) is 30.2 Å². The van der Waals surface area contributed by atoms with E-state index in [9.17, 15) is 19.2 Å². The second-order valence-corrected chi connectivity index (χ2v) is 10.2. The molecule has 0 aromatic heterocycles. The zero-order valence-corrected chi connectivity index (χ0v) is 21.0. The van der Waals surface area contributed by atoms with Crippen LogP contribution in [0.2, 0.25) is 0 Å². The Kier molecular flexibility index (Phi) is 6.02. The van der Waals surface area contributed by atoms with Gasteiger partial charge in [-0.25, -0.2) is 4.90 Å². The van der Waals surface area contributed by atoms with Gasteiger partial charge in [0.1, 0.15) is 5.75 Å². The summed E-state index contributed by atoms with van der Waals surface area (Å²) < 4.78 is 5.64. The van der Waals surface area contributed by atoms with E-state index in [0.29, 0.717) is 29.8 Å². The van der Waals surface area contributed by atoms with Crippen LogP contribution >= 0.6 is 0 Å². The van der Waals surface area contributed by atoms with Crippen LogP contribution in [0.25, 0.3) is 0 Å². The normalized spacial score (nSPS) is 23.7. The minimum atomic E-state index is -0.572. The molecule has 2 aromatic carbocycles. The summed E-state index contributed by atoms with van der Waals surface area (Å²) >= 11 is 0. The second-order valence-electron chi connectivity index (χ2n) is 10.2. The molecule has 3 amide bonds. The van der Waals surface area contributed by atoms with Crippen molar-refractivity contribution in [3.63, 3.8) is 0 Å². The summed E-state index contributed by atoms with van der Waals surface area (Å²) in [6.45, 7) is 7.96. The molecule has 2 heterocycles. The van der Waals surface area contributed by atoms with Crippen LogP contribution in [0.1, 0.15) is 42.9 Å². The lowest BCUT2D eigenvalue weighted by Crippen LogP contribution is -2.31. The van der Waals surface area contributed by atoms with E-state index >= 15 is 0 Å². The van der Waals surface area contributed by atoms with Crippen LogP contribution in [0, 0.1) is 38.5 Å². The number of imide groups is 1. The molecule has 2 saturated heterocycles.